The quantitative estimate of drug-likeness (QED) is 0.494. The predicted octanol–water partition coefficient (Wildman–Crippen LogP) is 4.26. The first-order valence-corrected chi connectivity index (χ1v) is 15.8. The number of nitrogens with one attached hydrogen (secondary N) is 2. The van der Waals surface area contributed by atoms with Gasteiger partial charge in [0.05, 0.1) is 13.7 Å². The summed E-state index contributed by atoms with van der Waals surface area (Å²) in [6.07, 6.45) is 9.31. The van der Waals surface area contributed by atoms with Crippen LogP contribution in [0.2, 0.25) is 0 Å². The molecule has 1 aromatic carbocycles. The highest BCUT2D eigenvalue weighted by molar-refractivity contribution is 7.91. The Hall–Kier alpha value is -1.94. The summed E-state index contributed by atoms with van der Waals surface area (Å²) in [7, 11) is -1.97. The van der Waals surface area contributed by atoms with Gasteiger partial charge in [-0.3, -0.25) is 4.79 Å². The second-order valence-electron chi connectivity index (χ2n) is 11.8. The summed E-state index contributed by atoms with van der Waals surface area (Å²) in [4.78, 5) is 13.3. The molecule has 4 aliphatic carbocycles. The SMILES string of the molecule is COc1cccc(C(=O)NCc2ccc(S(=O)(=O)N3CCC(NCC45CC6CC(CC(C6)C4)C5)C3)s2)c1. The van der Waals surface area contributed by atoms with Crippen molar-refractivity contribution in [1.29, 1.82) is 0 Å². The lowest BCUT2D eigenvalue weighted by Crippen LogP contribution is -2.52. The maximum absolute atomic E-state index is 13.4. The molecule has 1 aromatic heterocycles. The van der Waals surface area contributed by atoms with Crippen molar-refractivity contribution in [3.63, 3.8) is 0 Å². The van der Waals surface area contributed by atoms with E-state index in [0.29, 0.717) is 34.0 Å². The van der Waals surface area contributed by atoms with E-state index in [1.165, 1.54) is 49.9 Å². The highest BCUT2D eigenvalue weighted by Gasteiger charge is 2.50. The van der Waals surface area contributed by atoms with Gasteiger partial charge in [-0.2, -0.15) is 4.31 Å². The van der Waals surface area contributed by atoms with E-state index in [1.54, 1.807) is 47.8 Å². The number of carbonyl (C=O) groups excluding carboxylic acids is 1. The Labute approximate surface area is 224 Å². The van der Waals surface area contributed by atoms with Crippen molar-refractivity contribution in [3.8, 4) is 5.75 Å². The van der Waals surface area contributed by atoms with Gasteiger partial charge >= 0.3 is 0 Å². The molecule has 2 aromatic rings. The second-order valence-corrected chi connectivity index (χ2v) is 15.1. The number of ether oxygens (including phenoxy) is 1. The fourth-order valence-corrected chi connectivity index (χ4v) is 10.7. The minimum atomic E-state index is -3.53. The summed E-state index contributed by atoms with van der Waals surface area (Å²) in [5.74, 6) is 3.20. The molecule has 1 aliphatic heterocycles. The van der Waals surface area contributed by atoms with E-state index < -0.39 is 10.0 Å². The third kappa shape index (κ3) is 5.20. The number of methoxy groups -OCH3 is 1. The molecule has 1 atom stereocenters. The maximum atomic E-state index is 13.4. The van der Waals surface area contributed by atoms with E-state index in [4.69, 9.17) is 4.74 Å². The molecule has 37 heavy (non-hydrogen) atoms. The molecule has 1 saturated heterocycles. The highest BCUT2D eigenvalue weighted by Crippen LogP contribution is 2.59. The van der Waals surface area contributed by atoms with Crippen LogP contribution in [0.4, 0.5) is 0 Å². The number of thiophene rings is 1. The molecule has 2 N–H and O–H groups in total. The largest absolute Gasteiger partial charge is 0.497 e. The van der Waals surface area contributed by atoms with Gasteiger partial charge in [-0.25, -0.2) is 8.42 Å². The Morgan fingerprint density at radius 2 is 1.84 bits per heavy atom. The van der Waals surface area contributed by atoms with Crippen molar-refractivity contribution in [2.24, 2.45) is 23.2 Å². The van der Waals surface area contributed by atoms with Gasteiger partial charge in [-0.1, -0.05) is 6.07 Å². The second kappa shape index (κ2) is 9.98. The van der Waals surface area contributed by atoms with E-state index in [0.717, 1.165) is 35.6 Å². The zero-order chi connectivity index (χ0) is 25.6. The minimum Gasteiger partial charge on any atom is -0.497 e. The van der Waals surface area contributed by atoms with Crippen molar-refractivity contribution < 1.29 is 17.9 Å². The van der Waals surface area contributed by atoms with Crippen molar-refractivity contribution >= 4 is 27.3 Å². The summed E-state index contributed by atoms with van der Waals surface area (Å²) in [5.41, 5.74) is 0.965. The van der Waals surface area contributed by atoms with Crippen LogP contribution in [0, 0.1) is 23.2 Å². The standard InChI is InChI=1S/C28H37N3O4S2/c1-35-24-4-2-3-22(12-24)27(32)29-16-25-5-6-26(36-25)37(33,34)31-8-7-23(17-31)30-18-28-13-19-9-20(14-28)11-21(10-19)15-28/h2-6,12,19-21,23,30H,7-11,13-18H2,1H3,(H,29,32). The molecule has 5 fully saturated rings. The van der Waals surface area contributed by atoms with Crippen molar-refractivity contribution in [1.82, 2.24) is 14.9 Å². The van der Waals surface area contributed by atoms with E-state index in [1.807, 2.05) is 0 Å². The average molecular weight is 544 g/mol. The molecule has 4 saturated carbocycles. The zero-order valence-electron chi connectivity index (χ0n) is 21.4. The number of nitrogens with zero attached hydrogens (tertiary/aromatic N) is 1. The number of sulfonamides is 1. The summed E-state index contributed by atoms with van der Waals surface area (Å²) in [6.45, 7) is 2.42. The Balaban J connectivity index is 1.02. The van der Waals surface area contributed by atoms with Gasteiger partial charge in [0.25, 0.3) is 15.9 Å². The Morgan fingerprint density at radius 1 is 1.11 bits per heavy atom. The molecule has 1 amide bonds. The fraction of sp³-hybridized carbons (Fsp3) is 0.607. The normalized spacial score (nSPS) is 31.1. The lowest BCUT2D eigenvalue weighted by atomic mass is 9.49. The van der Waals surface area contributed by atoms with Crippen LogP contribution in [-0.4, -0.2) is 51.4 Å². The van der Waals surface area contributed by atoms with Gasteiger partial charge < -0.3 is 15.4 Å². The molecule has 2 heterocycles. The fourth-order valence-electron chi connectivity index (χ4n) is 7.73. The lowest BCUT2D eigenvalue weighted by molar-refractivity contribution is -0.0522. The first kappa shape index (κ1) is 25.3. The molecule has 4 bridgehead atoms. The van der Waals surface area contributed by atoms with Crippen molar-refractivity contribution in [2.75, 3.05) is 26.7 Å². The maximum Gasteiger partial charge on any atom is 0.252 e. The van der Waals surface area contributed by atoms with Crippen LogP contribution >= 0.6 is 11.3 Å². The Kier molecular flexibility index (Phi) is 6.84. The molecule has 0 spiro atoms. The van der Waals surface area contributed by atoms with Crippen LogP contribution in [0.1, 0.15) is 60.2 Å². The summed E-state index contributed by atoms with van der Waals surface area (Å²) < 4.78 is 33.9. The molecule has 1 unspecified atom stereocenters. The molecule has 7 nitrogen and oxygen atoms in total. The number of amides is 1. The lowest BCUT2D eigenvalue weighted by Gasteiger charge is -2.57. The first-order valence-electron chi connectivity index (χ1n) is 13.6. The smallest absolute Gasteiger partial charge is 0.252 e. The number of benzene rings is 1. The van der Waals surface area contributed by atoms with Gasteiger partial charge in [0, 0.05) is 36.1 Å². The number of hydrogen-bond donors (Lipinski definition) is 2. The third-order valence-electron chi connectivity index (χ3n) is 9.07. The van der Waals surface area contributed by atoms with E-state index in [2.05, 4.69) is 10.6 Å². The molecule has 7 rings (SSSR count). The molecule has 200 valence electrons. The van der Waals surface area contributed by atoms with E-state index >= 15 is 0 Å². The molecular formula is C28H37N3O4S2. The summed E-state index contributed by atoms with van der Waals surface area (Å²) >= 11 is 1.24. The number of hydrogen-bond acceptors (Lipinski definition) is 6. The Bertz CT molecular complexity index is 1220. The topological polar surface area (TPSA) is 87.7 Å². The van der Waals surface area contributed by atoms with Crippen LogP contribution < -0.4 is 15.4 Å². The van der Waals surface area contributed by atoms with Gasteiger partial charge in [-0.05, 0) is 98.4 Å². The number of rotatable bonds is 9. The van der Waals surface area contributed by atoms with Crippen LogP contribution in [-0.2, 0) is 16.6 Å². The average Bonchev–Trinajstić information content (AvgIpc) is 3.56. The third-order valence-corrected chi connectivity index (χ3v) is 12.5. The molecule has 9 heteroatoms. The molecule has 5 aliphatic rings. The van der Waals surface area contributed by atoms with Crippen LogP contribution in [0.15, 0.2) is 40.6 Å². The first-order chi connectivity index (χ1) is 17.8. The molecular weight excluding hydrogens is 506 g/mol. The minimum absolute atomic E-state index is 0.218. The Morgan fingerprint density at radius 3 is 2.54 bits per heavy atom. The van der Waals surface area contributed by atoms with Crippen molar-refractivity contribution in [3.05, 3.63) is 46.8 Å². The monoisotopic (exact) mass is 543 g/mol. The number of carbonyl (C=O) groups is 1. The van der Waals surface area contributed by atoms with E-state index in [9.17, 15) is 13.2 Å². The zero-order valence-corrected chi connectivity index (χ0v) is 23.1. The predicted molar refractivity (Wildman–Crippen MR) is 144 cm³/mol. The van der Waals surface area contributed by atoms with Crippen LogP contribution in [0.5, 0.6) is 5.75 Å². The van der Waals surface area contributed by atoms with Crippen molar-refractivity contribution in [2.45, 2.75) is 61.7 Å². The van der Waals surface area contributed by atoms with E-state index in [-0.39, 0.29) is 18.5 Å². The summed E-state index contributed by atoms with van der Waals surface area (Å²) in [5, 5.41) is 6.67. The highest BCUT2D eigenvalue weighted by atomic mass is 32.2. The van der Waals surface area contributed by atoms with Crippen LogP contribution in [0.3, 0.4) is 0 Å². The van der Waals surface area contributed by atoms with Gasteiger partial charge in [0.2, 0.25) is 0 Å². The summed E-state index contributed by atoms with van der Waals surface area (Å²) in [6, 6.07) is 10.7. The van der Waals surface area contributed by atoms with Gasteiger partial charge in [0.15, 0.2) is 0 Å². The van der Waals surface area contributed by atoms with Gasteiger partial charge in [-0.15, -0.1) is 11.3 Å². The van der Waals surface area contributed by atoms with Gasteiger partial charge in [0.1, 0.15) is 9.96 Å². The van der Waals surface area contributed by atoms with Crippen LogP contribution in [0.25, 0.3) is 0 Å². The molecule has 0 radical (unpaired) electrons.